The lowest BCUT2D eigenvalue weighted by Crippen LogP contribution is -2.09. The average molecular weight is 204 g/mol. The SMILES string of the molecule is O=c1[nH]c(C2CSCCS2)no1. The molecular formula is C6H8N2O2S2. The van der Waals surface area contributed by atoms with Crippen LogP contribution in [0.4, 0.5) is 0 Å². The second-order valence-electron chi connectivity index (χ2n) is 2.41. The van der Waals surface area contributed by atoms with Crippen LogP contribution < -0.4 is 5.76 Å². The van der Waals surface area contributed by atoms with Gasteiger partial charge in [-0.25, -0.2) is 4.79 Å². The lowest BCUT2D eigenvalue weighted by Gasteiger charge is -2.17. The summed E-state index contributed by atoms with van der Waals surface area (Å²) < 4.78 is 4.43. The van der Waals surface area contributed by atoms with Crippen molar-refractivity contribution in [3.8, 4) is 0 Å². The molecule has 4 nitrogen and oxygen atoms in total. The van der Waals surface area contributed by atoms with E-state index in [1.807, 2.05) is 23.5 Å². The van der Waals surface area contributed by atoms with Gasteiger partial charge in [0.25, 0.3) is 0 Å². The maximum absolute atomic E-state index is 10.6. The lowest BCUT2D eigenvalue weighted by molar-refractivity contribution is 0.381. The van der Waals surface area contributed by atoms with Crippen molar-refractivity contribution in [1.82, 2.24) is 10.1 Å². The maximum atomic E-state index is 10.6. The number of aromatic amines is 1. The van der Waals surface area contributed by atoms with Gasteiger partial charge in [0.05, 0.1) is 5.25 Å². The van der Waals surface area contributed by atoms with Gasteiger partial charge in [-0.3, -0.25) is 9.51 Å². The van der Waals surface area contributed by atoms with Crippen LogP contribution in [0.15, 0.2) is 9.32 Å². The van der Waals surface area contributed by atoms with Crippen molar-refractivity contribution in [2.24, 2.45) is 0 Å². The predicted molar refractivity (Wildman–Crippen MR) is 49.6 cm³/mol. The molecule has 1 aliphatic heterocycles. The van der Waals surface area contributed by atoms with Crippen LogP contribution in [0.5, 0.6) is 0 Å². The Morgan fingerprint density at radius 2 is 2.50 bits per heavy atom. The van der Waals surface area contributed by atoms with E-state index in [1.54, 1.807) is 0 Å². The molecule has 12 heavy (non-hydrogen) atoms. The first kappa shape index (κ1) is 8.25. The summed E-state index contributed by atoms with van der Waals surface area (Å²) in [5.41, 5.74) is 0. The molecule has 2 rings (SSSR count). The average Bonchev–Trinajstić information content (AvgIpc) is 2.54. The molecule has 0 aliphatic carbocycles. The van der Waals surface area contributed by atoms with E-state index in [0.717, 1.165) is 11.5 Å². The normalized spacial score (nSPS) is 24.2. The summed E-state index contributed by atoms with van der Waals surface area (Å²) >= 11 is 3.70. The summed E-state index contributed by atoms with van der Waals surface area (Å²) in [4.78, 5) is 13.2. The molecule has 0 spiro atoms. The van der Waals surface area contributed by atoms with Crippen LogP contribution in [-0.4, -0.2) is 27.4 Å². The Hall–Kier alpha value is -0.360. The first-order valence-electron chi connectivity index (χ1n) is 3.61. The minimum Gasteiger partial charge on any atom is -0.296 e. The molecule has 1 atom stereocenters. The molecule has 0 aromatic carbocycles. The Kier molecular flexibility index (Phi) is 2.45. The summed E-state index contributed by atoms with van der Waals surface area (Å²) in [6.07, 6.45) is 0. The topological polar surface area (TPSA) is 58.9 Å². The number of hydrogen-bond acceptors (Lipinski definition) is 5. The zero-order valence-corrected chi connectivity index (χ0v) is 7.91. The Bertz CT molecular complexity index is 302. The lowest BCUT2D eigenvalue weighted by atomic mass is 10.4. The van der Waals surface area contributed by atoms with Gasteiger partial charge >= 0.3 is 5.76 Å². The van der Waals surface area contributed by atoms with Gasteiger partial charge in [0.15, 0.2) is 5.82 Å². The number of thioether (sulfide) groups is 2. The third-order valence-electron chi connectivity index (χ3n) is 1.58. The molecule has 1 saturated heterocycles. The Labute approximate surface area is 77.5 Å². The van der Waals surface area contributed by atoms with Crippen LogP contribution in [0.3, 0.4) is 0 Å². The zero-order valence-electron chi connectivity index (χ0n) is 6.28. The van der Waals surface area contributed by atoms with Crippen molar-refractivity contribution in [1.29, 1.82) is 0 Å². The van der Waals surface area contributed by atoms with Crippen LogP contribution in [0.2, 0.25) is 0 Å². The second kappa shape index (κ2) is 3.57. The first-order chi connectivity index (χ1) is 5.86. The van der Waals surface area contributed by atoms with Gasteiger partial charge in [0.2, 0.25) is 0 Å². The molecule has 66 valence electrons. The van der Waals surface area contributed by atoms with E-state index in [9.17, 15) is 4.79 Å². The molecule has 2 heterocycles. The molecule has 0 bridgehead atoms. The first-order valence-corrected chi connectivity index (χ1v) is 5.82. The molecule has 0 saturated carbocycles. The van der Waals surface area contributed by atoms with E-state index in [2.05, 4.69) is 14.7 Å². The van der Waals surface area contributed by atoms with Crippen molar-refractivity contribution < 1.29 is 4.52 Å². The third kappa shape index (κ3) is 1.69. The fraction of sp³-hybridized carbons (Fsp3) is 0.667. The summed E-state index contributed by atoms with van der Waals surface area (Å²) in [6.45, 7) is 0. The quantitative estimate of drug-likeness (QED) is 0.736. The monoisotopic (exact) mass is 204 g/mol. The van der Waals surface area contributed by atoms with Crippen LogP contribution in [-0.2, 0) is 0 Å². The summed E-state index contributed by atoms with van der Waals surface area (Å²) in [5.74, 6) is 3.53. The molecule has 0 amide bonds. The molecule has 6 heteroatoms. The molecule has 0 radical (unpaired) electrons. The number of H-pyrrole nitrogens is 1. The van der Waals surface area contributed by atoms with Crippen LogP contribution >= 0.6 is 23.5 Å². The number of nitrogens with zero attached hydrogens (tertiary/aromatic N) is 1. The zero-order chi connectivity index (χ0) is 8.39. The van der Waals surface area contributed by atoms with Gasteiger partial charge in [-0.2, -0.15) is 11.8 Å². The highest BCUT2D eigenvalue weighted by molar-refractivity contribution is 8.06. The Morgan fingerprint density at radius 1 is 1.58 bits per heavy atom. The highest BCUT2D eigenvalue weighted by Crippen LogP contribution is 2.34. The summed E-state index contributed by atoms with van der Waals surface area (Å²) in [5, 5.41) is 3.96. The van der Waals surface area contributed by atoms with Crippen molar-refractivity contribution in [3.63, 3.8) is 0 Å². The van der Waals surface area contributed by atoms with Crippen LogP contribution in [0.25, 0.3) is 0 Å². The number of aromatic nitrogens is 2. The Balaban J connectivity index is 2.13. The molecule has 1 aliphatic rings. The van der Waals surface area contributed by atoms with E-state index in [0.29, 0.717) is 11.1 Å². The molecule has 1 unspecified atom stereocenters. The van der Waals surface area contributed by atoms with E-state index in [1.165, 1.54) is 5.75 Å². The van der Waals surface area contributed by atoms with E-state index in [-0.39, 0.29) is 0 Å². The van der Waals surface area contributed by atoms with Crippen molar-refractivity contribution >= 4 is 23.5 Å². The van der Waals surface area contributed by atoms with E-state index >= 15 is 0 Å². The highest BCUT2D eigenvalue weighted by atomic mass is 32.2. The molecular weight excluding hydrogens is 196 g/mol. The largest absolute Gasteiger partial charge is 0.438 e. The molecule has 1 aromatic rings. The van der Waals surface area contributed by atoms with Gasteiger partial charge in [-0.05, 0) is 0 Å². The fourth-order valence-electron chi connectivity index (χ4n) is 1.03. The van der Waals surface area contributed by atoms with Crippen molar-refractivity contribution in [2.45, 2.75) is 5.25 Å². The maximum Gasteiger partial charge on any atom is 0.438 e. The summed E-state index contributed by atoms with van der Waals surface area (Å²) in [7, 11) is 0. The number of nitrogens with one attached hydrogen (secondary N) is 1. The van der Waals surface area contributed by atoms with Gasteiger partial charge < -0.3 is 0 Å². The fourth-order valence-corrected chi connectivity index (χ4v) is 3.64. The standard InChI is InChI=1S/C6H8N2O2S2/c9-6-7-5(8-10-6)4-3-11-1-2-12-4/h4H,1-3H2,(H,7,8,9). The predicted octanol–water partition coefficient (Wildman–Crippen LogP) is 0.884. The Morgan fingerprint density at radius 3 is 3.08 bits per heavy atom. The number of hydrogen-bond donors (Lipinski definition) is 1. The van der Waals surface area contributed by atoms with Crippen molar-refractivity contribution in [3.05, 3.63) is 16.4 Å². The minimum absolute atomic E-state index is 0.301. The van der Waals surface area contributed by atoms with Gasteiger partial charge in [-0.15, -0.1) is 11.8 Å². The smallest absolute Gasteiger partial charge is 0.296 e. The highest BCUT2D eigenvalue weighted by Gasteiger charge is 2.19. The molecule has 1 aromatic heterocycles. The van der Waals surface area contributed by atoms with Gasteiger partial charge in [0.1, 0.15) is 0 Å². The molecule has 1 N–H and O–H groups in total. The van der Waals surface area contributed by atoms with E-state index < -0.39 is 5.76 Å². The van der Waals surface area contributed by atoms with Crippen LogP contribution in [0, 0.1) is 0 Å². The van der Waals surface area contributed by atoms with Crippen LogP contribution in [0.1, 0.15) is 11.1 Å². The number of rotatable bonds is 1. The van der Waals surface area contributed by atoms with Gasteiger partial charge in [0, 0.05) is 17.3 Å². The molecule has 1 fully saturated rings. The van der Waals surface area contributed by atoms with Crippen molar-refractivity contribution in [2.75, 3.05) is 17.3 Å². The second-order valence-corrected chi connectivity index (χ2v) is 4.88. The summed E-state index contributed by atoms with van der Waals surface area (Å²) in [6, 6.07) is 0. The minimum atomic E-state index is -0.457. The van der Waals surface area contributed by atoms with E-state index in [4.69, 9.17) is 0 Å². The third-order valence-corrected chi connectivity index (χ3v) is 4.34. The van der Waals surface area contributed by atoms with Gasteiger partial charge in [-0.1, -0.05) is 5.16 Å².